The van der Waals surface area contributed by atoms with Crippen LogP contribution in [-0.4, -0.2) is 16.8 Å². The maximum absolute atomic E-state index is 13.7. The largest absolute Gasteiger partial charge is 0.411 e. The maximum atomic E-state index is 13.7. The van der Waals surface area contributed by atoms with Crippen LogP contribution < -0.4 is 5.32 Å². The Morgan fingerprint density at radius 1 is 1.24 bits per heavy atom. The fourth-order valence-corrected chi connectivity index (χ4v) is 1.99. The van der Waals surface area contributed by atoms with Crippen LogP contribution in [0.25, 0.3) is 0 Å². The number of benzene rings is 2. The van der Waals surface area contributed by atoms with Crippen molar-refractivity contribution in [2.75, 3.05) is 5.32 Å². The summed E-state index contributed by atoms with van der Waals surface area (Å²) in [5, 5.41) is 14.8. The molecule has 2 rings (SSSR count). The molecule has 0 aliphatic heterocycles. The summed E-state index contributed by atoms with van der Waals surface area (Å²) in [7, 11) is 0. The second-order valence-electron chi connectivity index (χ2n) is 4.31. The molecule has 0 aliphatic rings. The van der Waals surface area contributed by atoms with Crippen LogP contribution >= 0.6 is 11.6 Å². The fourth-order valence-electron chi connectivity index (χ4n) is 1.82. The monoisotopic (exact) mass is 306 g/mol. The van der Waals surface area contributed by atoms with E-state index in [-0.39, 0.29) is 10.6 Å². The Morgan fingerprint density at radius 2 is 1.95 bits per heavy atom. The summed E-state index contributed by atoms with van der Waals surface area (Å²) in [6, 6.07) is 10.5. The Bertz CT molecular complexity index is 717. The van der Waals surface area contributed by atoms with Gasteiger partial charge in [-0.05, 0) is 31.2 Å². The molecule has 0 saturated carbocycles. The van der Waals surface area contributed by atoms with Gasteiger partial charge in [0.15, 0.2) is 0 Å². The van der Waals surface area contributed by atoms with Gasteiger partial charge in [0.05, 0.1) is 17.0 Å². The van der Waals surface area contributed by atoms with Gasteiger partial charge in [-0.3, -0.25) is 4.79 Å². The first kappa shape index (κ1) is 15.0. The fraction of sp³-hybridized carbons (Fsp3) is 0.0667. The zero-order chi connectivity index (χ0) is 15.4. The molecule has 2 aromatic carbocycles. The molecular weight excluding hydrogens is 295 g/mol. The van der Waals surface area contributed by atoms with E-state index in [0.717, 1.165) is 6.07 Å². The first-order chi connectivity index (χ1) is 10.0. The molecule has 0 heterocycles. The van der Waals surface area contributed by atoms with Gasteiger partial charge in [-0.2, -0.15) is 0 Å². The van der Waals surface area contributed by atoms with Gasteiger partial charge in [-0.1, -0.05) is 35.0 Å². The van der Waals surface area contributed by atoms with E-state index in [9.17, 15) is 9.18 Å². The number of anilines is 1. The highest BCUT2D eigenvalue weighted by Crippen LogP contribution is 2.20. The highest BCUT2D eigenvalue weighted by molar-refractivity contribution is 6.31. The molecule has 0 fully saturated rings. The number of para-hydroxylation sites is 1. The molecule has 0 aliphatic carbocycles. The van der Waals surface area contributed by atoms with Crippen LogP contribution in [0.3, 0.4) is 0 Å². The van der Waals surface area contributed by atoms with Crippen molar-refractivity contribution in [3.05, 3.63) is 64.4 Å². The quantitative estimate of drug-likeness (QED) is 0.513. The molecule has 0 bridgehead atoms. The first-order valence-electron chi connectivity index (χ1n) is 6.07. The molecule has 6 heteroatoms. The van der Waals surface area contributed by atoms with Crippen molar-refractivity contribution in [3.8, 4) is 0 Å². The third kappa shape index (κ3) is 3.38. The van der Waals surface area contributed by atoms with Crippen LogP contribution in [0.2, 0.25) is 5.02 Å². The van der Waals surface area contributed by atoms with Crippen molar-refractivity contribution < 1.29 is 14.4 Å². The van der Waals surface area contributed by atoms with Crippen molar-refractivity contribution in [3.63, 3.8) is 0 Å². The molecule has 0 spiro atoms. The predicted octanol–water partition coefficient (Wildman–Crippen LogP) is 3.93. The summed E-state index contributed by atoms with van der Waals surface area (Å²) in [6.07, 6.45) is 0. The number of hydrogen-bond donors (Lipinski definition) is 2. The highest BCUT2D eigenvalue weighted by atomic mass is 35.5. The van der Waals surface area contributed by atoms with Crippen LogP contribution in [0, 0.1) is 5.82 Å². The average molecular weight is 307 g/mol. The zero-order valence-corrected chi connectivity index (χ0v) is 11.9. The smallest absolute Gasteiger partial charge is 0.258 e. The predicted molar refractivity (Wildman–Crippen MR) is 79.8 cm³/mol. The molecule has 0 atom stereocenters. The molecule has 2 aromatic rings. The summed E-state index contributed by atoms with van der Waals surface area (Å²) in [5.74, 6) is -1.30. The van der Waals surface area contributed by atoms with Gasteiger partial charge in [0, 0.05) is 10.6 Å². The summed E-state index contributed by atoms with van der Waals surface area (Å²) in [4.78, 5) is 12.1. The van der Waals surface area contributed by atoms with E-state index in [4.69, 9.17) is 16.8 Å². The summed E-state index contributed by atoms with van der Waals surface area (Å²) in [5.41, 5.74) is 1.13. The van der Waals surface area contributed by atoms with Crippen molar-refractivity contribution in [2.24, 2.45) is 5.16 Å². The number of nitrogens with zero attached hydrogens (tertiary/aromatic N) is 1. The van der Waals surface area contributed by atoms with Crippen molar-refractivity contribution in [1.29, 1.82) is 0 Å². The third-order valence-corrected chi connectivity index (χ3v) is 3.12. The summed E-state index contributed by atoms with van der Waals surface area (Å²) in [6.45, 7) is 1.59. The Balaban J connectivity index is 2.34. The van der Waals surface area contributed by atoms with E-state index in [1.807, 2.05) is 0 Å². The number of carbonyl (C=O) groups is 1. The second-order valence-corrected chi connectivity index (χ2v) is 4.75. The Kier molecular flexibility index (Phi) is 4.55. The van der Waals surface area contributed by atoms with E-state index in [0.29, 0.717) is 17.0 Å². The summed E-state index contributed by atoms with van der Waals surface area (Å²) >= 11 is 5.77. The topological polar surface area (TPSA) is 61.7 Å². The van der Waals surface area contributed by atoms with Gasteiger partial charge in [-0.25, -0.2) is 4.39 Å². The molecular formula is C15H12ClFN2O2. The van der Waals surface area contributed by atoms with Crippen LogP contribution in [0.15, 0.2) is 47.6 Å². The molecule has 0 unspecified atom stereocenters. The van der Waals surface area contributed by atoms with Crippen LogP contribution in [0.5, 0.6) is 0 Å². The maximum Gasteiger partial charge on any atom is 0.258 e. The number of rotatable bonds is 3. The van der Waals surface area contributed by atoms with Crippen LogP contribution in [0.1, 0.15) is 22.8 Å². The van der Waals surface area contributed by atoms with Crippen LogP contribution in [0.4, 0.5) is 10.1 Å². The molecule has 0 aromatic heterocycles. The number of halogens is 2. The van der Waals surface area contributed by atoms with Gasteiger partial charge < -0.3 is 10.5 Å². The Morgan fingerprint density at radius 3 is 2.67 bits per heavy atom. The molecule has 108 valence electrons. The van der Waals surface area contributed by atoms with Crippen LogP contribution in [-0.2, 0) is 0 Å². The van der Waals surface area contributed by atoms with E-state index >= 15 is 0 Å². The number of nitrogens with one attached hydrogen (secondary N) is 1. The highest BCUT2D eigenvalue weighted by Gasteiger charge is 2.14. The lowest BCUT2D eigenvalue weighted by Gasteiger charge is -2.10. The van der Waals surface area contributed by atoms with E-state index in [1.54, 1.807) is 31.2 Å². The third-order valence-electron chi connectivity index (χ3n) is 2.89. The lowest BCUT2D eigenvalue weighted by Crippen LogP contribution is -2.16. The van der Waals surface area contributed by atoms with Gasteiger partial charge in [0.25, 0.3) is 5.91 Å². The molecule has 4 nitrogen and oxygen atoms in total. The van der Waals surface area contributed by atoms with Crippen molar-refractivity contribution >= 4 is 28.9 Å². The Hall–Kier alpha value is -2.40. The van der Waals surface area contributed by atoms with Gasteiger partial charge >= 0.3 is 0 Å². The molecule has 21 heavy (non-hydrogen) atoms. The van der Waals surface area contributed by atoms with Crippen molar-refractivity contribution in [2.45, 2.75) is 6.92 Å². The van der Waals surface area contributed by atoms with Crippen molar-refractivity contribution in [1.82, 2.24) is 0 Å². The zero-order valence-electron chi connectivity index (χ0n) is 11.1. The van der Waals surface area contributed by atoms with Gasteiger partial charge in [-0.15, -0.1) is 0 Å². The SMILES string of the molecule is C/C(=N\O)c1ccccc1NC(=O)c1cc(Cl)ccc1F. The molecule has 0 saturated heterocycles. The van der Waals surface area contributed by atoms with E-state index < -0.39 is 11.7 Å². The van der Waals surface area contributed by atoms with E-state index in [1.165, 1.54) is 12.1 Å². The number of oxime groups is 1. The lowest BCUT2D eigenvalue weighted by atomic mass is 10.1. The summed E-state index contributed by atoms with van der Waals surface area (Å²) < 4.78 is 13.7. The Labute approximate surface area is 125 Å². The molecule has 2 N–H and O–H groups in total. The normalized spacial score (nSPS) is 11.3. The van der Waals surface area contributed by atoms with Gasteiger partial charge in [0.2, 0.25) is 0 Å². The van der Waals surface area contributed by atoms with E-state index in [2.05, 4.69) is 10.5 Å². The average Bonchev–Trinajstić information content (AvgIpc) is 2.49. The lowest BCUT2D eigenvalue weighted by molar-refractivity contribution is 0.102. The first-order valence-corrected chi connectivity index (χ1v) is 6.45. The minimum Gasteiger partial charge on any atom is -0.411 e. The number of amides is 1. The second kappa shape index (κ2) is 6.37. The van der Waals surface area contributed by atoms with Gasteiger partial charge in [0.1, 0.15) is 5.82 Å². The number of hydrogen-bond acceptors (Lipinski definition) is 3. The minimum atomic E-state index is -0.665. The standard InChI is InChI=1S/C15H12ClFN2O2/c1-9(19-21)11-4-2-3-5-14(11)18-15(20)12-8-10(16)6-7-13(12)17/h2-8,21H,1H3,(H,18,20)/b19-9+. The number of carbonyl (C=O) groups excluding carboxylic acids is 1. The minimum absolute atomic E-state index is 0.157. The molecule has 0 radical (unpaired) electrons. The molecule has 1 amide bonds.